The lowest BCUT2D eigenvalue weighted by atomic mass is 10.0. The zero-order valence-electron chi connectivity index (χ0n) is 19.1. The van der Waals surface area contributed by atoms with Crippen LogP contribution in [0.2, 0.25) is 0 Å². The molecule has 4 aromatic rings. The van der Waals surface area contributed by atoms with Crippen LogP contribution in [0, 0.1) is 12.7 Å². The molecule has 0 fully saturated rings. The summed E-state index contributed by atoms with van der Waals surface area (Å²) in [6, 6.07) is 7.70. The second-order valence-corrected chi connectivity index (χ2v) is 8.24. The van der Waals surface area contributed by atoms with Gasteiger partial charge in [0.15, 0.2) is 0 Å². The van der Waals surface area contributed by atoms with Gasteiger partial charge in [0.2, 0.25) is 0 Å². The van der Waals surface area contributed by atoms with E-state index in [1.165, 1.54) is 6.33 Å². The molecule has 0 atom stereocenters. The first-order valence-corrected chi connectivity index (χ1v) is 10.9. The summed E-state index contributed by atoms with van der Waals surface area (Å²) in [6.45, 7) is 1.94. The van der Waals surface area contributed by atoms with Crippen molar-refractivity contribution in [3.63, 3.8) is 0 Å². The molecule has 188 valence electrons. The number of rotatable bonds is 6. The second-order valence-electron chi connectivity index (χ2n) is 8.24. The molecule has 36 heavy (non-hydrogen) atoms. The van der Waals surface area contributed by atoms with Gasteiger partial charge in [-0.2, -0.15) is 18.3 Å². The number of nitrogens with zero attached hydrogens (tertiary/aromatic N) is 3. The van der Waals surface area contributed by atoms with Gasteiger partial charge in [0, 0.05) is 17.4 Å². The van der Waals surface area contributed by atoms with E-state index in [4.69, 9.17) is 11.5 Å². The van der Waals surface area contributed by atoms with Gasteiger partial charge in [0.25, 0.3) is 0 Å². The van der Waals surface area contributed by atoms with E-state index < -0.39 is 35.4 Å². The highest BCUT2D eigenvalue weighted by Crippen LogP contribution is 2.33. The Morgan fingerprint density at radius 2 is 1.83 bits per heavy atom. The molecule has 2 heterocycles. The van der Waals surface area contributed by atoms with Crippen molar-refractivity contribution in [2.24, 2.45) is 11.5 Å². The average molecular weight is 501 g/mol. The zero-order chi connectivity index (χ0) is 26.0. The van der Waals surface area contributed by atoms with Gasteiger partial charge in [0.05, 0.1) is 28.6 Å². The fraction of sp³-hybridized carbons (Fsp3) is 0.208. The number of aromatic nitrogens is 3. The van der Waals surface area contributed by atoms with Gasteiger partial charge in [-0.25, -0.2) is 18.7 Å². The first-order valence-electron chi connectivity index (χ1n) is 10.9. The highest BCUT2D eigenvalue weighted by atomic mass is 19.4. The van der Waals surface area contributed by atoms with E-state index in [1.807, 2.05) is 13.1 Å². The van der Waals surface area contributed by atoms with Crippen LogP contribution in [-0.4, -0.2) is 26.8 Å². The largest absolute Gasteiger partial charge is 0.416 e. The predicted octanol–water partition coefficient (Wildman–Crippen LogP) is 4.68. The van der Waals surface area contributed by atoms with Crippen LogP contribution in [-0.2, 0) is 12.6 Å². The van der Waals surface area contributed by atoms with Crippen molar-refractivity contribution in [2.45, 2.75) is 32.1 Å². The summed E-state index contributed by atoms with van der Waals surface area (Å²) in [4.78, 5) is 16.7. The maximum absolute atomic E-state index is 13.9. The van der Waals surface area contributed by atoms with Gasteiger partial charge >= 0.3 is 12.2 Å². The molecule has 0 bridgehead atoms. The Balaban J connectivity index is 1.54. The maximum atomic E-state index is 13.9. The Bertz CT molecular complexity index is 1400. The van der Waals surface area contributed by atoms with Gasteiger partial charge in [-0.05, 0) is 61.2 Å². The van der Waals surface area contributed by atoms with Crippen LogP contribution in [0.3, 0.4) is 0 Å². The van der Waals surface area contributed by atoms with Crippen molar-refractivity contribution in [3.8, 4) is 11.1 Å². The van der Waals surface area contributed by atoms with Gasteiger partial charge in [-0.1, -0.05) is 12.1 Å². The van der Waals surface area contributed by atoms with Crippen LogP contribution in [0.15, 0.2) is 55.0 Å². The van der Waals surface area contributed by atoms with Gasteiger partial charge in [-0.15, -0.1) is 0 Å². The highest BCUT2D eigenvalue weighted by molar-refractivity contribution is 6.00. The Morgan fingerprint density at radius 1 is 1.11 bits per heavy atom. The van der Waals surface area contributed by atoms with E-state index in [2.05, 4.69) is 20.7 Å². The number of aryl methyl sites for hydroxylation is 2. The number of urea groups is 1. The summed E-state index contributed by atoms with van der Waals surface area (Å²) in [5.41, 5.74) is 14.4. The number of anilines is 2. The molecule has 0 aliphatic carbocycles. The minimum Gasteiger partial charge on any atom is -0.316 e. The lowest BCUT2D eigenvalue weighted by Crippen LogP contribution is -2.30. The van der Waals surface area contributed by atoms with E-state index in [0.717, 1.165) is 27.9 Å². The maximum Gasteiger partial charge on any atom is 0.416 e. The molecule has 4 rings (SSSR count). The van der Waals surface area contributed by atoms with Crippen LogP contribution in [0.25, 0.3) is 16.6 Å². The average Bonchev–Trinajstić information content (AvgIpc) is 3.15. The van der Waals surface area contributed by atoms with Crippen molar-refractivity contribution < 1.29 is 22.4 Å². The van der Waals surface area contributed by atoms with Crippen LogP contribution in [0.1, 0.15) is 23.2 Å². The smallest absolute Gasteiger partial charge is 0.316 e. The third-order valence-corrected chi connectivity index (χ3v) is 5.53. The first kappa shape index (κ1) is 25.1. The zero-order valence-corrected chi connectivity index (χ0v) is 19.1. The van der Waals surface area contributed by atoms with Crippen LogP contribution in [0.5, 0.6) is 0 Å². The topological polar surface area (TPSA) is 123 Å². The van der Waals surface area contributed by atoms with Gasteiger partial charge in [0.1, 0.15) is 12.1 Å². The van der Waals surface area contributed by atoms with Crippen molar-refractivity contribution in [1.82, 2.24) is 14.6 Å². The predicted molar refractivity (Wildman–Crippen MR) is 128 cm³/mol. The Morgan fingerprint density at radius 3 is 2.50 bits per heavy atom. The molecule has 8 nitrogen and oxygen atoms in total. The minimum absolute atomic E-state index is 0.357. The molecule has 0 aliphatic heterocycles. The number of alkyl halides is 3. The number of hydrogen-bond donors (Lipinski definition) is 4. The lowest BCUT2D eigenvalue weighted by molar-refractivity contribution is -0.137. The Hall–Kier alpha value is -4.03. The summed E-state index contributed by atoms with van der Waals surface area (Å²) in [6.07, 6.45) is -0.694. The molecule has 2 aromatic heterocycles. The highest BCUT2D eigenvalue weighted by Gasteiger charge is 2.31. The molecule has 0 saturated heterocycles. The number of nitrogens with one attached hydrogen (secondary N) is 2. The quantitative estimate of drug-likeness (QED) is 0.226. The number of benzene rings is 2. The van der Waals surface area contributed by atoms with E-state index in [-0.39, 0.29) is 0 Å². The number of nitrogens with two attached hydrogens (primary N) is 2. The fourth-order valence-electron chi connectivity index (χ4n) is 3.85. The molecule has 0 unspecified atom stereocenters. The monoisotopic (exact) mass is 501 g/mol. The molecule has 0 radical (unpaired) electrons. The fourth-order valence-corrected chi connectivity index (χ4v) is 3.85. The third-order valence-electron chi connectivity index (χ3n) is 5.53. The van der Waals surface area contributed by atoms with Crippen molar-refractivity contribution in [3.05, 3.63) is 77.6 Å². The molecular formula is C24H23F4N7O. The molecule has 6 N–H and O–H groups in total. The molecule has 2 aromatic carbocycles. The number of amides is 2. The number of carbonyl (C=O) groups excluding carboxylic acids is 1. The summed E-state index contributed by atoms with van der Waals surface area (Å²) in [7, 11) is 0. The summed E-state index contributed by atoms with van der Waals surface area (Å²) >= 11 is 0. The SMILES string of the molecule is Cc1cn2ncnc(CCC(N)N)c2c1-c1ccc(NC(=O)Nc2cc(C(F)(F)F)ccc2F)cc1. The van der Waals surface area contributed by atoms with E-state index >= 15 is 0 Å². The minimum atomic E-state index is -4.67. The summed E-state index contributed by atoms with van der Waals surface area (Å²) in [5.74, 6) is -0.988. The second kappa shape index (κ2) is 9.91. The summed E-state index contributed by atoms with van der Waals surface area (Å²) < 4.78 is 54.4. The van der Waals surface area contributed by atoms with E-state index in [9.17, 15) is 22.4 Å². The van der Waals surface area contributed by atoms with E-state index in [0.29, 0.717) is 36.7 Å². The van der Waals surface area contributed by atoms with Crippen LogP contribution in [0.4, 0.5) is 33.7 Å². The normalized spacial score (nSPS) is 11.8. The standard InChI is InChI=1S/C24H23F4N7O/c1-13-11-35-22(18(31-12-32-35)8-9-20(29)30)21(13)14-2-5-16(6-3-14)33-23(36)34-19-10-15(24(26,27)28)4-7-17(19)25/h2-7,10-12,20H,8-9,29-30H2,1H3,(H2,33,34,36). The molecule has 0 spiro atoms. The molecule has 2 amide bonds. The number of hydrogen-bond acceptors (Lipinski definition) is 5. The molecule has 0 aliphatic rings. The van der Waals surface area contributed by atoms with E-state index in [1.54, 1.807) is 28.8 Å². The van der Waals surface area contributed by atoms with Crippen molar-refractivity contribution in [2.75, 3.05) is 10.6 Å². The molecular weight excluding hydrogens is 478 g/mol. The van der Waals surface area contributed by atoms with Crippen LogP contribution < -0.4 is 22.1 Å². The Labute approximate surface area is 203 Å². The number of halogens is 4. The molecule has 0 saturated carbocycles. The first-order chi connectivity index (χ1) is 17.0. The third kappa shape index (κ3) is 5.44. The summed E-state index contributed by atoms with van der Waals surface area (Å²) in [5, 5.41) is 8.88. The van der Waals surface area contributed by atoms with Crippen molar-refractivity contribution in [1.29, 1.82) is 0 Å². The van der Waals surface area contributed by atoms with Gasteiger partial charge in [-0.3, -0.25) is 0 Å². The van der Waals surface area contributed by atoms with Crippen LogP contribution >= 0.6 is 0 Å². The number of fused-ring (bicyclic) bond motifs is 1. The molecule has 12 heteroatoms. The van der Waals surface area contributed by atoms with Crippen molar-refractivity contribution >= 4 is 22.9 Å². The number of carbonyl (C=O) groups is 1. The lowest BCUT2D eigenvalue weighted by Gasteiger charge is -2.12. The Kier molecular flexibility index (Phi) is 6.91. The van der Waals surface area contributed by atoms with Gasteiger partial charge < -0.3 is 22.1 Å².